The van der Waals surface area contributed by atoms with Gasteiger partial charge in [-0.1, -0.05) is 0 Å². The van der Waals surface area contributed by atoms with Crippen molar-refractivity contribution in [3.8, 4) is 0 Å². The number of esters is 1. The van der Waals surface area contributed by atoms with Crippen molar-refractivity contribution in [2.75, 3.05) is 12.9 Å². The zero-order valence-corrected chi connectivity index (χ0v) is 8.73. The Morgan fingerprint density at radius 3 is 2.38 bits per heavy atom. The van der Waals surface area contributed by atoms with E-state index in [1.807, 2.05) is 0 Å². The number of ether oxygens (including phenoxy) is 1. The summed E-state index contributed by atoms with van der Waals surface area (Å²) in [6.07, 6.45) is 0.176. The molecule has 1 heterocycles. The second-order valence-electron chi connectivity index (χ2n) is 2.84. The molecule has 1 aliphatic heterocycles. The van der Waals surface area contributed by atoms with Gasteiger partial charge in [0.25, 0.3) is 0 Å². The first-order valence-corrected chi connectivity index (χ1v) is 5.24. The van der Waals surface area contributed by atoms with Crippen molar-refractivity contribution in [2.24, 2.45) is 5.73 Å². The zero-order chi connectivity index (χ0) is 9.35. The number of carbonyl (C=O) groups is 1. The van der Waals surface area contributed by atoms with Crippen LogP contribution in [0.2, 0.25) is 0 Å². The van der Waals surface area contributed by atoms with E-state index >= 15 is 0 Å². The van der Waals surface area contributed by atoms with E-state index in [4.69, 9.17) is 5.73 Å². The number of nitrogens with two attached hydrogens (primary N) is 1. The number of sulfone groups is 1. The molecule has 0 aromatic carbocycles. The molecule has 2 N–H and O–H groups in total. The molecule has 1 fully saturated rings. The molecule has 0 aliphatic carbocycles. The van der Waals surface area contributed by atoms with Crippen LogP contribution in [0, 0.1) is 0 Å². The van der Waals surface area contributed by atoms with E-state index in [0.29, 0.717) is 0 Å². The largest absolute Gasteiger partial charge is 0.468 e. The van der Waals surface area contributed by atoms with Crippen molar-refractivity contribution >= 4 is 28.2 Å². The smallest absolute Gasteiger partial charge is 0.324 e. The van der Waals surface area contributed by atoms with E-state index in [1.54, 1.807) is 0 Å². The van der Waals surface area contributed by atoms with Gasteiger partial charge in [-0.15, -0.1) is 12.4 Å². The van der Waals surface area contributed by atoms with Crippen molar-refractivity contribution in [3.63, 3.8) is 0 Å². The van der Waals surface area contributed by atoms with Gasteiger partial charge >= 0.3 is 5.97 Å². The molecule has 7 heteroatoms. The summed E-state index contributed by atoms with van der Waals surface area (Å²) >= 11 is 0. The summed E-state index contributed by atoms with van der Waals surface area (Å²) in [5.41, 5.74) is 5.41. The fourth-order valence-electron chi connectivity index (χ4n) is 1.28. The quantitative estimate of drug-likeness (QED) is 0.589. The van der Waals surface area contributed by atoms with Crippen LogP contribution >= 0.6 is 12.4 Å². The van der Waals surface area contributed by atoms with Crippen LogP contribution in [0.25, 0.3) is 0 Å². The minimum absolute atomic E-state index is 0. The maximum absolute atomic E-state index is 11.2. The van der Waals surface area contributed by atoms with E-state index in [2.05, 4.69) is 4.74 Å². The highest BCUT2D eigenvalue weighted by Crippen LogP contribution is 2.20. The Morgan fingerprint density at radius 1 is 1.54 bits per heavy atom. The van der Waals surface area contributed by atoms with E-state index in [0.717, 1.165) is 0 Å². The minimum atomic E-state index is -3.35. The topological polar surface area (TPSA) is 86.5 Å². The average molecular weight is 230 g/mol. The van der Waals surface area contributed by atoms with E-state index in [-0.39, 0.29) is 24.6 Å². The Bertz CT molecular complexity index is 289. The second kappa shape index (κ2) is 4.26. The Balaban J connectivity index is 0.00000144. The summed E-state index contributed by atoms with van der Waals surface area (Å²) in [5, 5.41) is -1.04. The molecule has 13 heavy (non-hydrogen) atoms. The summed E-state index contributed by atoms with van der Waals surface area (Å²) in [6.45, 7) is 0. The molecular formula is C6H12ClNO4S. The lowest BCUT2D eigenvalue weighted by atomic mass is 10.2. The fraction of sp³-hybridized carbons (Fsp3) is 0.833. The molecule has 0 radical (unpaired) electrons. The van der Waals surface area contributed by atoms with Crippen LogP contribution < -0.4 is 5.73 Å². The van der Waals surface area contributed by atoms with Gasteiger partial charge in [-0.2, -0.15) is 0 Å². The maximum Gasteiger partial charge on any atom is 0.324 e. The van der Waals surface area contributed by atoms with Gasteiger partial charge in [0.15, 0.2) is 15.1 Å². The van der Waals surface area contributed by atoms with Gasteiger partial charge < -0.3 is 10.5 Å². The molecule has 5 nitrogen and oxygen atoms in total. The first-order valence-electron chi connectivity index (χ1n) is 3.52. The normalized spacial score (nSPS) is 30.6. The number of carbonyl (C=O) groups excluding carboxylic acids is 1. The summed E-state index contributed by atoms with van der Waals surface area (Å²) in [4.78, 5) is 10.9. The van der Waals surface area contributed by atoms with Crippen molar-refractivity contribution in [1.29, 1.82) is 0 Å². The first-order chi connectivity index (χ1) is 5.47. The predicted molar refractivity (Wildman–Crippen MR) is 49.4 cm³/mol. The lowest BCUT2D eigenvalue weighted by Gasteiger charge is -2.04. The lowest BCUT2D eigenvalue weighted by molar-refractivity contribution is -0.140. The van der Waals surface area contributed by atoms with E-state index < -0.39 is 27.1 Å². The molecule has 0 spiro atoms. The molecule has 1 saturated heterocycles. The SMILES string of the molecule is COC(=O)C1CC(N)CS1(=O)=O.Cl. The van der Waals surface area contributed by atoms with E-state index in [9.17, 15) is 13.2 Å². The molecule has 1 aliphatic rings. The van der Waals surface area contributed by atoms with Gasteiger partial charge in [0.1, 0.15) is 0 Å². The minimum Gasteiger partial charge on any atom is -0.468 e. The molecule has 0 saturated carbocycles. The molecule has 78 valence electrons. The van der Waals surface area contributed by atoms with Gasteiger partial charge in [-0.25, -0.2) is 8.42 Å². The van der Waals surface area contributed by atoms with Crippen molar-refractivity contribution in [1.82, 2.24) is 0 Å². The monoisotopic (exact) mass is 229 g/mol. The van der Waals surface area contributed by atoms with Gasteiger partial charge in [-0.3, -0.25) is 4.79 Å². The lowest BCUT2D eigenvalue weighted by Crippen LogP contribution is -2.27. The van der Waals surface area contributed by atoms with Gasteiger partial charge in [0, 0.05) is 6.04 Å². The first kappa shape index (κ1) is 12.7. The van der Waals surface area contributed by atoms with Gasteiger partial charge in [-0.05, 0) is 6.42 Å². The maximum atomic E-state index is 11.2. The second-order valence-corrected chi connectivity index (χ2v) is 5.07. The summed E-state index contributed by atoms with van der Waals surface area (Å²) < 4.78 is 26.7. The summed E-state index contributed by atoms with van der Waals surface area (Å²) in [5.74, 6) is -0.824. The van der Waals surface area contributed by atoms with Crippen molar-refractivity contribution in [3.05, 3.63) is 0 Å². The van der Waals surface area contributed by atoms with Crippen molar-refractivity contribution in [2.45, 2.75) is 17.7 Å². The molecule has 0 aromatic rings. The number of rotatable bonds is 1. The average Bonchev–Trinajstić information content (AvgIpc) is 2.23. The van der Waals surface area contributed by atoms with Crippen LogP contribution in [-0.4, -0.2) is 38.5 Å². The third-order valence-electron chi connectivity index (χ3n) is 1.86. The third-order valence-corrected chi connectivity index (χ3v) is 4.01. The molecular weight excluding hydrogens is 218 g/mol. The van der Waals surface area contributed by atoms with Crippen molar-refractivity contribution < 1.29 is 17.9 Å². The molecule has 0 amide bonds. The number of methoxy groups -OCH3 is 1. The van der Waals surface area contributed by atoms with Gasteiger partial charge in [0.2, 0.25) is 0 Å². The van der Waals surface area contributed by atoms with E-state index in [1.165, 1.54) is 7.11 Å². The number of hydrogen-bond donors (Lipinski definition) is 1. The third kappa shape index (κ3) is 2.55. The number of halogens is 1. The Morgan fingerprint density at radius 2 is 2.08 bits per heavy atom. The highest BCUT2D eigenvalue weighted by molar-refractivity contribution is 7.93. The Kier molecular flexibility index (Phi) is 4.15. The highest BCUT2D eigenvalue weighted by atomic mass is 35.5. The van der Waals surface area contributed by atoms with Crippen LogP contribution in [0.5, 0.6) is 0 Å². The van der Waals surface area contributed by atoms with Crippen LogP contribution in [0.1, 0.15) is 6.42 Å². The predicted octanol–water partition coefficient (Wildman–Crippen LogP) is -0.904. The highest BCUT2D eigenvalue weighted by Gasteiger charge is 2.42. The zero-order valence-electron chi connectivity index (χ0n) is 7.10. The summed E-state index contributed by atoms with van der Waals surface area (Å²) in [6, 6.07) is -0.431. The van der Waals surface area contributed by atoms with Crippen LogP contribution in [0.4, 0.5) is 0 Å². The molecule has 2 atom stereocenters. The fourth-order valence-corrected chi connectivity index (χ4v) is 3.17. The molecule has 1 rings (SSSR count). The van der Waals surface area contributed by atoms with Crippen LogP contribution in [0.15, 0.2) is 0 Å². The molecule has 0 aromatic heterocycles. The standard InChI is InChI=1S/C6H11NO4S.ClH/c1-11-6(8)5-2-4(7)3-12(5,9)10;/h4-5H,2-3,7H2,1H3;1H. The molecule has 2 unspecified atom stereocenters. The Labute approximate surface area is 83.0 Å². The van der Waals surface area contributed by atoms with Crippen LogP contribution in [0.3, 0.4) is 0 Å². The number of hydrogen-bond acceptors (Lipinski definition) is 5. The van der Waals surface area contributed by atoms with Gasteiger partial charge in [0.05, 0.1) is 12.9 Å². The molecule has 0 bridgehead atoms. The van der Waals surface area contributed by atoms with Crippen LogP contribution in [-0.2, 0) is 19.4 Å². The summed E-state index contributed by atoms with van der Waals surface area (Å²) in [7, 11) is -2.18. The Hall–Kier alpha value is -0.330.